The fraction of sp³-hybridized carbons (Fsp3) is 0.643. The number of nitro benzene ring substituents is 1. The summed E-state index contributed by atoms with van der Waals surface area (Å²) in [5.74, 6) is -0.0767. The topological polar surface area (TPSA) is 164 Å². The summed E-state index contributed by atoms with van der Waals surface area (Å²) in [4.78, 5) is 34.1. The zero-order chi connectivity index (χ0) is 30.8. The fourth-order valence-corrected chi connectivity index (χ4v) is 3.33. The van der Waals surface area contributed by atoms with Crippen molar-refractivity contribution in [3.05, 3.63) is 46.5 Å². The first-order chi connectivity index (χ1) is 21.1. The van der Waals surface area contributed by atoms with Gasteiger partial charge in [-0.1, -0.05) is 0 Å². The van der Waals surface area contributed by atoms with Crippen LogP contribution < -0.4 is 4.74 Å². The van der Waals surface area contributed by atoms with Crippen LogP contribution in [0, 0.1) is 10.1 Å². The number of nitro groups is 1. The summed E-state index contributed by atoms with van der Waals surface area (Å²) in [6.45, 7) is 7.40. The van der Waals surface area contributed by atoms with Crippen LogP contribution in [0.4, 0.5) is 5.69 Å². The van der Waals surface area contributed by atoms with Gasteiger partial charge < -0.3 is 42.6 Å². The second-order valence-corrected chi connectivity index (χ2v) is 8.66. The van der Waals surface area contributed by atoms with E-state index in [2.05, 4.69) is 0 Å². The number of nitrogens with zero attached hydrogens (tertiary/aromatic N) is 2. The first-order valence-corrected chi connectivity index (χ1v) is 14.1. The number of hydrogen-bond donors (Lipinski definition) is 0. The Morgan fingerprint density at radius 2 is 0.837 bits per heavy atom. The van der Waals surface area contributed by atoms with Crippen LogP contribution in [0.2, 0.25) is 0 Å². The lowest BCUT2D eigenvalue weighted by Gasteiger charge is -2.13. The van der Waals surface area contributed by atoms with Gasteiger partial charge in [0.15, 0.2) is 0 Å². The number of non-ortho nitro benzene ring substituents is 1. The highest BCUT2D eigenvalue weighted by Gasteiger charge is 2.22. The van der Waals surface area contributed by atoms with Crippen molar-refractivity contribution in [2.45, 2.75) is 0 Å². The van der Waals surface area contributed by atoms with Crippen molar-refractivity contribution in [3.63, 3.8) is 0 Å². The number of hydrogen-bond acceptors (Lipinski definition) is 13. The summed E-state index contributed by atoms with van der Waals surface area (Å²) in [7, 11) is 0. The van der Waals surface area contributed by atoms with E-state index in [9.17, 15) is 19.7 Å². The van der Waals surface area contributed by atoms with Gasteiger partial charge in [-0.15, -0.1) is 0 Å². The molecule has 1 aliphatic rings. The summed E-state index contributed by atoms with van der Waals surface area (Å²) in [6.07, 6.45) is 2.50. The van der Waals surface area contributed by atoms with Crippen LogP contribution in [0.3, 0.4) is 0 Å². The molecule has 1 heterocycles. The van der Waals surface area contributed by atoms with Gasteiger partial charge in [0.05, 0.1) is 117 Å². The number of ether oxygens (including phenoxy) is 9. The second-order valence-electron chi connectivity index (χ2n) is 8.66. The Kier molecular flexibility index (Phi) is 20.5. The fourth-order valence-electron chi connectivity index (χ4n) is 3.33. The van der Waals surface area contributed by atoms with Crippen molar-refractivity contribution in [3.8, 4) is 5.75 Å². The largest absolute Gasteiger partial charge is 0.491 e. The van der Waals surface area contributed by atoms with Gasteiger partial charge in [-0.3, -0.25) is 24.6 Å². The Morgan fingerprint density at radius 3 is 1.19 bits per heavy atom. The molecule has 1 aliphatic heterocycles. The molecule has 1 aromatic rings. The van der Waals surface area contributed by atoms with E-state index in [1.807, 2.05) is 0 Å². The van der Waals surface area contributed by atoms with Crippen LogP contribution >= 0.6 is 0 Å². The van der Waals surface area contributed by atoms with Crippen molar-refractivity contribution >= 4 is 17.5 Å². The third-order valence-corrected chi connectivity index (χ3v) is 5.51. The average molecular weight is 615 g/mol. The summed E-state index contributed by atoms with van der Waals surface area (Å²) in [5, 5.41) is 10.6. The minimum Gasteiger partial charge on any atom is -0.491 e. The molecular formula is C28H42N2O13. The first kappa shape index (κ1) is 36.2. The highest BCUT2D eigenvalue weighted by Crippen LogP contribution is 2.17. The van der Waals surface area contributed by atoms with E-state index < -0.39 is 4.92 Å². The van der Waals surface area contributed by atoms with Crippen LogP contribution in [0.25, 0.3) is 0 Å². The lowest BCUT2D eigenvalue weighted by molar-refractivity contribution is -0.384. The average Bonchev–Trinajstić information content (AvgIpc) is 3.33. The smallest absolute Gasteiger partial charge is 0.269 e. The molecular weight excluding hydrogens is 572 g/mol. The summed E-state index contributed by atoms with van der Waals surface area (Å²) >= 11 is 0. The molecule has 2 rings (SSSR count). The highest BCUT2D eigenvalue weighted by molar-refractivity contribution is 6.12. The minimum atomic E-state index is -0.458. The Hall–Kier alpha value is -3.02. The van der Waals surface area contributed by atoms with E-state index in [4.69, 9.17) is 42.6 Å². The van der Waals surface area contributed by atoms with Crippen molar-refractivity contribution in [1.29, 1.82) is 0 Å². The molecule has 0 saturated heterocycles. The quantitative estimate of drug-likeness (QED) is 0.0545. The lowest BCUT2D eigenvalue weighted by atomic mass is 10.3. The number of imide groups is 1. The van der Waals surface area contributed by atoms with Gasteiger partial charge in [-0.25, -0.2) is 0 Å². The SMILES string of the molecule is O=C1C=CC(=O)N1CCOCCOCCOCCOCCOCCOCCOCCOCCOc1ccc([N+](=O)[O-])cc1. The molecule has 15 nitrogen and oxygen atoms in total. The zero-order valence-electron chi connectivity index (χ0n) is 24.4. The highest BCUT2D eigenvalue weighted by atomic mass is 16.6. The number of carbonyl (C=O) groups excluding carboxylic acids is 2. The van der Waals surface area contributed by atoms with Crippen molar-refractivity contribution < 1.29 is 57.1 Å². The molecule has 1 aromatic carbocycles. The standard InChI is InChI=1S/C28H42N2O13/c31-27-5-6-28(32)29(27)7-8-35-9-10-36-11-12-37-13-14-38-15-16-39-17-18-40-19-20-41-21-22-42-23-24-43-26-3-1-25(2-4-26)30(33)34/h1-6H,7-24H2. The molecule has 0 aromatic heterocycles. The van der Waals surface area contributed by atoms with Crippen LogP contribution in [0.5, 0.6) is 5.75 Å². The third-order valence-electron chi connectivity index (χ3n) is 5.51. The van der Waals surface area contributed by atoms with Crippen molar-refractivity contribution in [1.82, 2.24) is 4.90 Å². The van der Waals surface area contributed by atoms with E-state index in [1.54, 1.807) is 12.1 Å². The molecule has 0 bridgehead atoms. The molecule has 0 fully saturated rings. The van der Waals surface area contributed by atoms with E-state index in [0.717, 1.165) is 4.90 Å². The maximum Gasteiger partial charge on any atom is 0.269 e. The third kappa shape index (κ3) is 18.3. The Labute approximate surface area is 251 Å². The predicted molar refractivity (Wildman–Crippen MR) is 151 cm³/mol. The molecule has 15 heteroatoms. The summed E-state index contributed by atoms with van der Waals surface area (Å²) in [6, 6.07) is 5.88. The van der Waals surface area contributed by atoms with Gasteiger partial charge in [-0.05, 0) is 12.1 Å². The first-order valence-electron chi connectivity index (χ1n) is 14.1. The second kappa shape index (κ2) is 24.4. The Balaban J connectivity index is 1.19. The Morgan fingerprint density at radius 1 is 0.512 bits per heavy atom. The molecule has 0 radical (unpaired) electrons. The van der Waals surface area contributed by atoms with E-state index in [1.165, 1.54) is 24.3 Å². The molecule has 0 spiro atoms. The van der Waals surface area contributed by atoms with Gasteiger partial charge in [0.25, 0.3) is 17.5 Å². The van der Waals surface area contributed by atoms with Crippen molar-refractivity contribution in [2.24, 2.45) is 0 Å². The zero-order valence-corrected chi connectivity index (χ0v) is 24.4. The van der Waals surface area contributed by atoms with Crippen LogP contribution in [-0.4, -0.2) is 140 Å². The number of benzene rings is 1. The van der Waals surface area contributed by atoms with Gasteiger partial charge >= 0.3 is 0 Å². The number of carbonyl (C=O) groups is 2. The molecule has 0 atom stereocenters. The maximum atomic E-state index is 11.4. The molecule has 0 aliphatic carbocycles. The molecule has 0 N–H and O–H groups in total. The predicted octanol–water partition coefficient (Wildman–Crippen LogP) is 1.03. The lowest BCUT2D eigenvalue weighted by Crippen LogP contribution is -2.33. The van der Waals surface area contributed by atoms with Crippen LogP contribution in [0.15, 0.2) is 36.4 Å². The summed E-state index contributed by atoms with van der Waals surface area (Å²) < 4.78 is 48.8. The van der Waals surface area contributed by atoms with E-state index in [-0.39, 0.29) is 30.7 Å². The molecule has 2 amide bonds. The molecule has 43 heavy (non-hydrogen) atoms. The number of rotatable bonds is 29. The normalized spacial score (nSPS) is 12.9. The molecule has 242 valence electrons. The number of amides is 2. The minimum absolute atomic E-state index is 0.0199. The Bertz CT molecular complexity index is 912. The van der Waals surface area contributed by atoms with Gasteiger partial charge in [0.2, 0.25) is 0 Å². The van der Waals surface area contributed by atoms with E-state index in [0.29, 0.717) is 111 Å². The maximum absolute atomic E-state index is 11.4. The van der Waals surface area contributed by atoms with Crippen molar-refractivity contribution in [2.75, 3.05) is 119 Å². The monoisotopic (exact) mass is 614 g/mol. The van der Waals surface area contributed by atoms with Gasteiger partial charge in [0.1, 0.15) is 12.4 Å². The van der Waals surface area contributed by atoms with Gasteiger partial charge in [0, 0.05) is 24.3 Å². The van der Waals surface area contributed by atoms with Crippen LogP contribution in [0.1, 0.15) is 0 Å². The van der Waals surface area contributed by atoms with E-state index >= 15 is 0 Å². The molecule has 0 unspecified atom stereocenters. The summed E-state index contributed by atoms with van der Waals surface area (Å²) in [5.41, 5.74) is 0.0199. The van der Waals surface area contributed by atoms with Crippen LogP contribution in [-0.2, 0) is 47.5 Å². The molecule has 0 saturated carbocycles. The van der Waals surface area contributed by atoms with Gasteiger partial charge in [-0.2, -0.15) is 0 Å².